The number of piperidine rings is 1. The van der Waals surface area contributed by atoms with Gasteiger partial charge in [0.15, 0.2) is 0 Å². The maximum Gasteiger partial charge on any atom is 0.119 e. The van der Waals surface area contributed by atoms with E-state index in [9.17, 15) is 0 Å². The molecule has 5 rings (SSSR count). The molecule has 3 nitrogen and oxygen atoms in total. The molecule has 0 aromatic heterocycles. The molecule has 36 heavy (non-hydrogen) atoms. The predicted octanol–water partition coefficient (Wildman–Crippen LogP) is 6.93. The van der Waals surface area contributed by atoms with E-state index in [2.05, 4.69) is 90.4 Å². The fourth-order valence-corrected chi connectivity index (χ4v) is 5.86. The van der Waals surface area contributed by atoms with Gasteiger partial charge in [-0.3, -0.25) is 9.80 Å². The number of hydrogen-bond donors (Lipinski definition) is 0. The number of likely N-dealkylation sites (tertiary alicyclic amines) is 1. The van der Waals surface area contributed by atoms with Gasteiger partial charge in [-0.25, -0.2) is 0 Å². The molecule has 3 aromatic rings. The minimum Gasteiger partial charge on any atom is -0.494 e. The molecule has 190 valence electrons. The van der Waals surface area contributed by atoms with E-state index in [0.29, 0.717) is 0 Å². The van der Waals surface area contributed by atoms with Crippen molar-refractivity contribution in [3.63, 3.8) is 0 Å². The van der Waals surface area contributed by atoms with Crippen molar-refractivity contribution in [1.82, 2.24) is 9.80 Å². The molecule has 0 bridgehead atoms. The number of fused-ring (bicyclic) bond motifs is 1. The third-order valence-electron chi connectivity index (χ3n) is 8.30. The Hall–Kier alpha value is -2.62. The molecule has 2 aliphatic heterocycles. The Bertz CT molecular complexity index is 1130. The van der Waals surface area contributed by atoms with Gasteiger partial charge < -0.3 is 4.74 Å². The average Bonchev–Trinajstić information content (AvgIpc) is 3.09. The molecule has 1 fully saturated rings. The molecule has 1 saturated heterocycles. The number of aryl methyl sites for hydroxylation is 3. The van der Waals surface area contributed by atoms with Gasteiger partial charge in [-0.15, -0.1) is 0 Å². The summed E-state index contributed by atoms with van der Waals surface area (Å²) in [7, 11) is 0. The van der Waals surface area contributed by atoms with Crippen LogP contribution in [0.4, 0.5) is 0 Å². The summed E-state index contributed by atoms with van der Waals surface area (Å²) < 4.78 is 6.29. The van der Waals surface area contributed by atoms with E-state index in [1.165, 1.54) is 72.2 Å². The lowest BCUT2D eigenvalue weighted by atomic mass is 9.93. The smallest absolute Gasteiger partial charge is 0.119 e. The largest absolute Gasteiger partial charge is 0.494 e. The van der Waals surface area contributed by atoms with Crippen molar-refractivity contribution in [2.75, 3.05) is 26.2 Å². The molecule has 0 radical (unpaired) electrons. The summed E-state index contributed by atoms with van der Waals surface area (Å²) in [5, 5.41) is 0. The van der Waals surface area contributed by atoms with Crippen LogP contribution in [0.25, 0.3) is 0 Å². The van der Waals surface area contributed by atoms with Crippen LogP contribution in [-0.4, -0.2) is 36.0 Å². The molecule has 2 aliphatic rings. The molecule has 0 N–H and O–H groups in total. The van der Waals surface area contributed by atoms with E-state index in [1.54, 1.807) is 0 Å². The molecule has 0 spiro atoms. The first kappa shape index (κ1) is 25.0. The highest BCUT2D eigenvalue weighted by molar-refractivity contribution is 5.37. The van der Waals surface area contributed by atoms with E-state index >= 15 is 0 Å². The average molecular weight is 483 g/mol. The van der Waals surface area contributed by atoms with Crippen LogP contribution in [0.3, 0.4) is 0 Å². The van der Waals surface area contributed by atoms with Crippen LogP contribution in [0, 0.1) is 19.8 Å². The number of rotatable bonds is 8. The number of hydrogen-bond acceptors (Lipinski definition) is 3. The van der Waals surface area contributed by atoms with Crippen LogP contribution in [0.2, 0.25) is 0 Å². The van der Waals surface area contributed by atoms with Crippen LogP contribution < -0.4 is 4.74 Å². The van der Waals surface area contributed by atoms with Crippen molar-refractivity contribution in [2.24, 2.45) is 5.92 Å². The molecular weight excluding hydrogens is 440 g/mol. The minimum atomic E-state index is 0.781. The number of nitrogens with zero attached hydrogens (tertiary/aromatic N) is 2. The molecule has 0 atom stereocenters. The van der Waals surface area contributed by atoms with Crippen LogP contribution in [-0.2, 0) is 26.1 Å². The predicted molar refractivity (Wildman–Crippen MR) is 149 cm³/mol. The molecule has 3 aromatic carbocycles. The topological polar surface area (TPSA) is 15.7 Å². The SMILES string of the molecule is Cc1ccccc1CN1CCC(CCOc2ccc3c(c2)CN(Cc2ccccc2C)CCC3)CC1. The Balaban J connectivity index is 1.09. The number of benzene rings is 3. The summed E-state index contributed by atoms with van der Waals surface area (Å²) in [5.41, 5.74) is 8.66. The van der Waals surface area contributed by atoms with Gasteiger partial charge in [0.25, 0.3) is 0 Å². The van der Waals surface area contributed by atoms with Gasteiger partial charge in [0.05, 0.1) is 6.61 Å². The zero-order valence-corrected chi connectivity index (χ0v) is 22.2. The van der Waals surface area contributed by atoms with E-state index < -0.39 is 0 Å². The monoisotopic (exact) mass is 482 g/mol. The zero-order valence-electron chi connectivity index (χ0n) is 22.2. The van der Waals surface area contributed by atoms with Gasteiger partial charge in [-0.2, -0.15) is 0 Å². The van der Waals surface area contributed by atoms with Crippen molar-refractivity contribution in [2.45, 2.75) is 65.6 Å². The first-order valence-corrected chi connectivity index (χ1v) is 13.9. The maximum absolute atomic E-state index is 6.29. The van der Waals surface area contributed by atoms with Gasteiger partial charge in [0.2, 0.25) is 0 Å². The Kier molecular flexibility index (Phi) is 8.40. The second-order valence-electron chi connectivity index (χ2n) is 11.0. The highest BCUT2D eigenvalue weighted by Gasteiger charge is 2.20. The second kappa shape index (κ2) is 12.1. The van der Waals surface area contributed by atoms with E-state index in [-0.39, 0.29) is 0 Å². The second-order valence-corrected chi connectivity index (χ2v) is 11.0. The summed E-state index contributed by atoms with van der Waals surface area (Å²) in [6.45, 7) is 12.0. The highest BCUT2D eigenvalue weighted by atomic mass is 16.5. The third-order valence-corrected chi connectivity index (χ3v) is 8.30. The highest BCUT2D eigenvalue weighted by Crippen LogP contribution is 2.27. The Morgan fingerprint density at radius 2 is 1.42 bits per heavy atom. The Morgan fingerprint density at radius 3 is 2.11 bits per heavy atom. The summed E-state index contributed by atoms with van der Waals surface area (Å²) in [5.74, 6) is 1.83. The summed E-state index contributed by atoms with van der Waals surface area (Å²) in [4.78, 5) is 5.22. The number of ether oxygens (including phenoxy) is 1. The lowest BCUT2D eigenvalue weighted by Gasteiger charge is -2.32. The van der Waals surface area contributed by atoms with Gasteiger partial charge in [0.1, 0.15) is 5.75 Å². The molecule has 0 aliphatic carbocycles. The van der Waals surface area contributed by atoms with Crippen LogP contribution in [0.1, 0.15) is 59.1 Å². The van der Waals surface area contributed by atoms with Gasteiger partial charge in [0, 0.05) is 19.6 Å². The fraction of sp³-hybridized carbons (Fsp3) is 0.455. The van der Waals surface area contributed by atoms with Crippen LogP contribution in [0.15, 0.2) is 66.7 Å². The van der Waals surface area contributed by atoms with Gasteiger partial charge in [-0.05, 0) is 117 Å². The molecule has 0 unspecified atom stereocenters. The summed E-state index contributed by atoms with van der Waals surface area (Å²) >= 11 is 0. The summed E-state index contributed by atoms with van der Waals surface area (Å²) in [6, 6.07) is 24.4. The van der Waals surface area contributed by atoms with E-state index in [4.69, 9.17) is 4.74 Å². The lowest BCUT2D eigenvalue weighted by Crippen LogP contribution is -2.33. The van der Waals surface area contributed by atoms with Crippen molar-refractivity contribution in [3.8, 4) is 5.75 Å². The molecule has 3 heteroatoms. The van der Waals surface area contributed by atoms with Crippen LogP contribution in [0.5, 0.6) is 5.75 Å². The summed E-state index contributed by atoms with van der Waals surface area (Å²) in [6.07, 6.45) is 6.12. The molecule has 0 amide bonds. The van der Waals surface area contributed by atoms with Crippen LogP contribution >= 0.6 is 0 Å². The van der Waals surface area contributed by atoms with Crippen molar-refractivity contribution in [1.29, 1.82) is 0 Å². The minimum absolute atomic E-state index is 0.781. The first-order valence-electron chi connectivity index (χ1n) is 13.9. The van der Waals surface area contributed by atoms with Crippen molar-refractivity contribution < 1.29 is 4.74 Å². The fourth-order valence-electron chi connectivity index (χ4n) is 5.86. The standard InChI is InChI=1S/C33H42N2O/c1-26-8-3-5-10-30(26)23-34-19-15-28(16-20-34)17-21-36-33-14-13-29-12-7-18-35(25-32(29)22-33)24-31-11-6-4-9-27(31)2/h3-6,8-11,13-14,22,28H,7,12,15-21,23-25H2,1-2H3. The van der Waals surface area contributed by atoms with E-state index in [0.717, 1.165) is 50.9 Å². The Labute approximate surface area is 218 Å². The lowest BCUT2D eigenvalue weighted by molar-refractivity contribution is 0.157. The zero-order chi connectivity index (χ0) is 24.7. The van der Waals surface area contributed by atoms with Crippen molar-refractivity contribution in [3.05, 3.63) is 100 Å². The molecule has 0 saturated carbocycles. The van der Waals surface area contributed by atoms with Gasteiger partial charge >= 0.3 is 0 Å². The third kappa shape index (κ3) is 6.57. The van der Waals surface area contributed by atoms with Gasteiger partial charge in [-0.1, -0.05) is 54.6 Å². The quantitative estimate of drug-likeness (QED) is 0.346. The first-order chi connectivity index (χ1) is 17.6. The molecule has 2 heterocycles. The molecular formula is C33H42N2O. The van der Waals surface area contributed by atoms with Crippen molar-refractivity contribution >= 4 is 0 Å². The normalized spacial score (nSPS) is 17.5. The maximum atomic E-state index is 6.29. The Morgan fingerprint density at radius 1 is 0.750 bits per heavy atom. The van der Waals surface area contributed by atoms with E-state index in [1.807, 2.05) is 0 Å².